The van der Waals surface area contributed by atoms with Gasteiger partial charge in [0.1, 0.15) is 6.04 Å². The molecule has 1 aliphatic heterocycles. The van der Waals surface area contributed by atoms with E-state index in [1.54, 1.807) is 0 Å². The fourth-order valence-electron chi connectivity index (χ4n) is 2.91. The van der Waals surface area contributed by atoms with Gasteiger partial charge in [-0.05, 0) is 11.5 Å². The molecule has 1 aromatic carbocycles. The molecule has 1 amide bonds. The average molecular weight is 343 g/mol. The van der Waals surface area contributed by atoms with Crippen molar-refractivity contribution >= 4 is 5.91 Å². The minimum absolute atomic E-state index is 0.0327. The average Bonchev–Trinajstić information content (AvgIpc) is 2.55. The molecular weight excluding hydrogens is 319 g/mol. The lowest BCUT2D eigenvalue weighted by atomic mass is 9.97. The number of hydrogen-bond donors (Lipinski definition) is 2. The molecule has 0 saturated carbocycles. The zero-order valence-electron chi connectivity index (χ0n) is 13.8. The number of rotatable bonds is 6. The van der Waals surface area contributed by atoms with Crippen molar-refractivity contribution in [2.24, 2.45) is 0 Å². The van der Waals surface area contributed by atoms with Crippen LogP contribution in [-0.2, 0) is 4.79 Å². The van der Waals surface area contributed by atoms with Crippen molar-refractivity contribution in [2.75, 3.05) is 32.7 Å². The Morgan fingerprint density at radius 3 is 2.46 bits per heavy atom. The molecule has 0 spiro atoms. The second-order valence-electron chi connectivity index (χ2n) is 6.16. The van der Waals surface area contributed by atoms with Crippen LogP contribution < -0.4 is 10.6 Å². The van der Waals surface area contributed by atoms with Gasteiger partial charge in [-0.2, -0.15) is 13.2 Å². The molecule has 1 saturated heterocycles. The maximum Gasteiger partial charge on any atom is 0.405 e. The predicted octanol–water partition coefficient (Wildman–Crippen LogP) is 2.13. The second-order valence-corrected chi connectivity index (χ2v) is 6.16. The van der Waals surface area contributed by atoms with E-state index >= 15 is 0 Å². The van der Waals surface area contributed by atoms with Crippen LogP contribution in [-0.4, -0.2) is 55.7 Å². The first-order valence-electron chi connectivity index (χ1n) is 8.21. The van der Waals surface area contributed by atoms with Crippen molar-refractivity contribution in [3.05, 3.63) is 35.9 Å². The molecule has 0 radical (unpaired) electrons. The summed E-state index contributed by atoms with van der Waals surface area (Å²) in [5.74, 6) is -0.384. The van der Waals surface area contributed by atoms with Gasteiger partial charge >= 0.3 is 6.18 Å². The smallest absolute Gasteiger partial charge is 0.354 e. The molecule has 7 heteroatoms. The highest BCUT2D eigenvalue weighted by Crippen LogP contribution is 2.25. The van der Waals surface area contributed by atoms with Gasteiger partial charge in [-0.3, -0.25) is 9.69 Å². The van der Waals surface area contributed by atoms with E-state index < -0.39 is 18.8 Å². The molecule has 2 unspecified atom stereocenters. The SMILES string of the molecule is CC(CC(=O)NCC(N1CCNCC1)C(F)(F)F)c1ccccc1. The zero-order valence-corrected chi connectivity index (χ0v) is 13.8. The number of halogens is 3. The fourth-order valence-corrected chi connectivity index (χ4v) is 2.91. The number of amides is 1. The minimum Gasteiger partial charge on any atom is -0.354 e. The molecule has 134 valence electrons. The Morgan fingerprint density at radius 1 is 1.25 bits per heavy atom. The number of benzene rings is 1. The Hall–Kier alpha value is -1.60. The quantitative estimate of drug-likeness (QED) is 0.832. The number of nitrogens with zero attached hydrogens (tertiary/aromatic N) is 1. The largest absolute Gasteiger partial charge is 0.405 e. The summed E-state index contributed by atoms with van der Waals surface area (Å²) in [6, 6.07) is 7.85. The fraction of sp³-hybridized carbons (Fsp3) is 0.588. The summed E-state index contributed by atoms with van der Waals surface area (Å²) in [7, 11) is 0. The lowest BCUT2D eigenvalue weighted by molar-refractivity contribution is -0.184. The molecule has 1 aliphatic rings. The van der Waals surface area contributed by atoms with E-state index in [9.17, 15) is 18.0 Å². The minimum atomic E-state index is -4.35. The molecule has 0 bridgehead atoms. The van der Waals surface area contributed by atoms with Crippen molar-refractivity contribution in [1.82, 2.24) is 15.5 Å². The summed E-state index contributed by atoms with van der Waals surface area (Å²) < 4.78 is 39.8. The van der Waals surface area contributed by atoms with Crippen molar-refractivity contribution in [3.8, 4) is 0 Å². The van der Waals surface area contributed by atoms with Gasteiger partial charge in [0.15, 0.2) is 0 Å². The van der Waals surface area contributed by atoms with Gasteiger partial charge in [0.05, 0.1) is 0 Å². The van der Waals surface area contributed by atoms with E-state index in [1.165, 1.54) is 4.90 Å². The van der Waals surface area contributed by atoms with Crippen LogP contribution in [0.2, 0.25) is 0 Å². The maximum absolute atomic E-state index is 13.3. The lowest BCUT2D eigenvalue weighted by Gasteiger charge is -2.36. The highest BCUT2D eigenvalue weighted by atomic mass is 19.4. The molecule has 2 rings (SSSR count). The van der Waals surface area contributed by atoms with E-state index in [2.05, 4.69) is 10.6 Å². The first-order valence-corrected chi connectivity index (χ1v) is 8.21. The van der Waals surface area contributed by atoms with Crippen LogP contribution in [0.3, 0.4) is 0 Å². The molecule has 24 heavy (non-hydrogen) atoms. The number of hydrogen-bond acceptors (Lipinski definition) is 3. The van der Waals surface area contributed by atoms with E-state index in [0.717, 1.165) is 5.56 Å². The molecule has 1 fully saturated rings. The van der Waals surface area contributed by atoms with Crippen molar-refractivity contribution in [2.45, 2.75) is 31.5 Å². The third-order valence-corrected chi connectivity index (χ3v) is 4.32. The van der Waals surface area contributed by atoms with Crippen LogP contribution in [0, 0.1) is 0 Å². The monoisotopic (exact) mass is 343 g/mol. The van der Waals surface area contributed by atoms with E-state index in [0.29, 0.717) is 26.2 Å². The molecule has 0 aliphatic carbocycles. The van der Waals surface area contributed by atoms with Gasteiger partial charge in [-0.15, -0.1) is 0 Å². The first kappa shape index (κ1) is 18.7. The third-order valence-electron chi connectivity index (χ3n) is 4.32. The van der Waals surface area contributed by atoms with E-state index in [4.69, 9.17) is 0 Å². The summed E-state index contributed by atoms with van der Waals surface area (Å²) in [4.78, 5) is 13.4. The van der Waals surface area contributed by atoms with Crippen LogP contribution in [0.15, 0.2) is 30.3 Å². The van der Waals surface area contributed by atoms with E-state index in [-0.39, 0.29) is 18.2 Å². The second kappa shape index (κ2) is 8.48. The Balaban J connectivity index is 1.87. The molecule has 1 aromatic rings. The predicted molar refractivity (Wildman–Crippen MR) is 86.8 cm³/mol. The van der Waals surface area contributed by atoms with Gasteiger partial charge in [0, 0.05) is 39.1 Å². The van der Waals surface area contributed by atoms with Gasteiger partial charge in [0.2, 0.25) is 5.91 Å². The first-order chi connectivity index (χ1) is 11.4. The van der Waals surface area contributed by atoms with E-state index in [1.807, 2.05) is 37.3 Å². The summed E-state index contributed by atoms with van der Waals surface area (Å²) in [5, 5.41) is 5.50. The Kier molecular flexibility index (Phi) is 6.62. The van der Waals surface area contributed by atoms with Crippen LogP contribution in [0.4, 0.5) is 13.2 Å². The molecule has 2 N–H and O–H groups in total. The van der Waals surface area contributed by atoms with Crippen LogP contribution in [0.1, 0.15) is 24.8 Å². The zero-order chi connectivity index (χ0) is 17.6. The van der Waals surface area contributed by atoms with Gasteiger partial charge in [-0.1, -0.05) is 37.3 Å². The van der Waals surface area contributed by atoms with Crippen molar-refractivity contribution < 1.29 is 18.0 Å². The number of alkyl halides is 3. The Bertz CT molecular complexity index is 516. The van der Waals surface area contributed by atoms with Crippen molar-refractivity contribution in [1.29, 1.82) is 0 Å². The summed E-state index contributed by atoms with van der Waals surface area (Å²) in [5.41, 5.74) is 1.00. The molecule has 4 nitrogen and oxygen atoms in total. The summed E-state index contributed by atoms with van der Waals surface area (Å²) in [6.45, 7) is 3.23. The molecular formula is C17H24F3N3O. The Labute approximate surface area is 140 Å². The Morgan fingerprint density at radius 2 is 1.88 bits per heavy atom. The number of nitrogens with one attached hydrogen (secondary N) is 2. The highest BCUT2D eigenvalue weighted by Gasteiger charge is 2.43. The van der Waals surface area contributed by atoms with Crippen LogP contribution in [0.25, 0.3) is 0 Å². The topological polar surface area (TPSA) is 44.4 Å². The van der Waals surface area contributed by atoms with Crippen LogP contribution in [0.5, 0.6) is 0 Å². The number of carbonyl (C=O) groups is 1. The standard InChI is InChI=1S/C17H24F3N3O/c1-13(14-5-3-2-4-6-14)11-16(24)22-12-15(17(18,19)20)23-9-7-21-8-10-23/h2-6,13,15,21H,7-12H2,1H3,(H,22,24). The third kappa shape index (κ3) is 5.49. The van der Waals surface area contributed by atoms with Gasteiger partial charge in [0.25, 0.3) is 0 Å². The summed E-state index contributed by atoms with van der Waals surface area (Å²) in [6.07, 6.45) is -4.17. The maximum atomic E-state index is 13.3. The van der Waals surface area contributed by atoms with Crippen LogP contribution >= 0.6 is 0 Å². The van der Waals surface area contributed by atoms with Crippen molar-refractivity contribution in [3.63, 3.8) is 0 Å². The normalized spacial score (nSPS) is 18.8. The number of piperazine rings is 1. The summed E-state index contributed by atoms with van der Waals surface area (Å²) >= 11 is 0. The molecule has 1 heterocycles. The van der Waals surface area contributed by atoms with Gasteiger partial charge < -0.3 is 10.6 Å². The molecule has 2 atom stereocenters. The van der Waals surface area contributed by atoms with Gasteiger partial charge in [-0.25, -0.2) is 0 Å². The number of carbonyl (C=O) groups excluding carboxylic acids is 1. The highest BCUT2D eigenvalue weighted by molar-refractivity contribution is 5.76. The molecule has 0 aromatic heterocycles. The lowest BCUT2D eigenvalue weighted by Crippen LogP contribution is -2.57.